The van der Waals surface area contributed by atoms with Gasteiger partial charge in [0.1, 0.15) is 0 Å². The minimum absolute atomic E-state index is 0.0197. The molecule has 0 atom stereocenters. The second-order valence-electron chi connectivity index (χ2n) is 4.93. The Morgan fingerprint density at radius 2 is 1.61 bits per heavy atom. The Kier molecular flexibility index (Phi) is 5.31. The van der Waals surface area contributed by atoms with Crippen LogP contribution in [0.15, 0.2) is 47.4 Å². The summed E-state index contributed by atoms with van der Waals surface area (Å²) in [5, 5.41) is 0.491. The number of hydrogen-bond donors (Lipinski definition) is 1. The predicted octanol–water partition coefficient (Wildman–Crippen LogP) is 2.91. The summed E-state index contributed by atoms with van der Waals surface area (Å²) in [5.41, 5.74) is 6.25. The molecule has 0 aliphatic carbocycles. The molecule has 8 heteroatoms. The Morgan fingerprint density at radius 3 is 2.09 bits per heavy atom. The summed E-state index contributed by atoms with van der Waals surface area (Å²) in [5.74, 6) is -0.536. The van der Waals surface area contributed by atoms with E-state index in [2.05, 4.69) is 0 Å². The van der Waals surface area contributed by atoms with E-state index in [9.17, 15) is 13.2 Å². The van der Waals surface area contributed by atoms with Gasteiger partial charge in [-0.1, -0.05) is 35.3 Å². The van der Waals surface area contributed by atoms with E-state index in [1.165, 1.54) is 29.6 Å². The normalized spacial score (nSPS) is 11.7. The van der Waals surface area contributed by atoms with Gasteiger partial charge >= 0.3 is 0 Å². The lowest BCUT2D eigenvalue weighted by atomic mass is 10.1. The number of nitrogens with zero attached hydrogens (tertiary/aromatic N) is 1. The van der Waals surface area contributed by atoms with Crippen molar-refractivity contribution in [1.29, 1.82) is 0 Å². The summed E-state index contributed by atoms with van der Waals surface area (Å²) < 4.78 is 26.3. The van der Waals surface area contributed by atoms with Crippen LogP contribution in [0.4, 0.5) is 0 Å². The molecule has 2 aromatic carbocycles. The molecular weight excluding hydrogens is 359 g/mol. The molecule has 122 valence electrons. The van der Waals surface area contributed by atoms with E-state index in [0.717, 1.165) is 0 Å². The average Bonchev–Trinajstić information content (AvgIpc) is 2.46. The molecule has 0 saturated heterocycles. The molecule has 2 N–H and O–H groups in total. The topological polar surface area (TPSA) is 80.5 Å². The Labute approximate surface area is 144 Å². The largest absolute Gasteiger partial charge is 0.366 e. The van der Waals surface area contributed by atoms with E-state index in [0.29, 0.717) is 11.1 Å². The number of carbonyl (C=O) groups is 1. The van der Waals surface area contributed by atoms with Gasteiger partial charge in [-0.15, -0.1) is 0 Å². The first-order valence-electron chi connectivity index (χ1n) is 6.51. The molecule has 0 unspecified atom stereocenters. The summed E-state index contributed by atoms with van der Waals surface area (Å²) in [6.07, 6.45) is 0. The number of halogens is 2. The van der Waals surface area contributed by atoms with Crippen molar-refractivity contribution in [2.75, 3.05) is 7.05 Å². The van der Waals surface area contributed by atoms with Gasteiger partial charge in [-0.05, 0) is 35.9 Å². The zero-order valence-corrected chi connectivity index (χ0v) is 14.5. The van der Waals surface area contributed by atoms with Crippen LogP contribution in [0.25, 0.3) is 0 Å². The number of benzene rings is 2. The van der Waals surface area contributed by atoms with Gasteiger partial charge in [0.2, 0.25) is 15.9 Å². The summed E-state index contributed by atoms with van der Waals surface area (Å²) in [6.45, 7) is 0.130. The Balaban J connectivity index is 2.24. The van der Waals surface area contributed by atoms with Crippen LogP contribution in [0.2, 0.25) is 10.0 Å². The maximum atomic E-state index is 12.6. The Morgan fingerprint density at radius 1 is 1.09 bits per heavy atom. The number of primary amides is 1. The molecule has 0 aromatic heterocycles. The molecule has 0 heterocycles. The van der Waals surface area contributed by atoms with Crippen LogP contribution < -0.4 is 5.73 Å². The fourth-order valence-electron chi connectivity index (χ4n) is 1.97. The molecule has 1 amide bonds. The fraction of sp³-hybridized carbons (Fsp3) is 0.133. The van der Waals surface area contributed by atoms with Gasteiger partial charge in [-0.2, -0.15) is 4.31 Å². The van der Waals surface area contributed by atoms with Gasteiger partial charge in [0, 0.05) is 29.2 Å². The van der Waals surface area contributed by atoms with Crippen LogP contribution in [0.1, 0.15) is 15.9 Å². The molecule has 0 bridgehead atoms. The first-order chi connectivity index (χ1) is 10.7. The second-order valence-corrected chi connectivity index (χ2v) is 7.85. The molecule has 23 heavy (non-hydrogen) atoms. The Bertz CT molecular complexity index is 816. The highest BCUT2D eigenvalue weighted by molar-refractivity contribution is 7.89. The summed E-state index contributed by atoms with van der Waals surface area (Å²) in [4.78, 5) is 11.1. The minimum atomic E-state index is -3.74. The van der Waals surface area contributed by atoms with Crippen molar-refractivity contribution in [2.24, 2.45) is 5.73 Å². The summed E-state index contributed by atoms with van der Waals surface area (Å²) >= 11 is 11.7. The molecule has 0 aliphatic heterocycles. The number of carbonyl (C=O) groups excluding carboxylic acids is 1. The van der Waals surface area contributed by atoms with Crippen LogP contribution in [0.5, 0.6) is 0 Å². The van der Waals surface area contributed by atoms with E-state index < -0.39 is 15.9 Å². The number of nitrogens with two attached hydrogens (primary N) is 1. The van der Waals surface area contributed by atoms with E-state index in [1.807, 2.05) is 0 Å². The highest BCUT2D eigenvalue weighted by atomic mass is 35.5. The zero-order chi connectivity index (χ0) is 17.2. The average molecular weight is 373 g/mol. The molecule has 2 aromatic rings. The highest BCUT2D eigenvalue weighted by Crippen LogP contribution is 2.25. The van der Waals surface area contributed by atoms with Crippen molar-refractivity contribution in [3.8, 4) is 0 Å². The van der Waals surface area contributed by atoms with Crippen molar-refractivity contribution >= 4 is 39.1 Å². The maximum Gasteiger partial charge on any atom is 0.248 e. The number of amides is 1. The van der Waals surface area contributed by atoms with Gasteiger partial charge in [-0.3, -0.25) is 4.79 Å². The SMILES string of the molecule is CN(Cc1ccc(C(N)=O)cc1)S(=O)(=O)c1cc(Cl)cc(Cl)c1. The van der Waals surface area contributed by atoms with E-state index in [4.69, 9.17) is 28.9 Å². The molecular formula is C15H14Cl2N2O3S. The quantitative estimate of drug-likeness (QED) is 0.875. The van der Waals surface area contributed by atoms with Crippen molar-refractivity contribution < 1.29 is 13.2 Å². The smallest absolute Gasteiger partial charge is 0.248 e. The van der Waals surface area contributed by atoms with Crippen LogP contribution in [-0.2, 0) is 16.6 Å². The zero-order valence-electron chi connectivity index (χ0n) is 12.2. The lowest BCUT2D eigenvalue weighted by Gasteiger charge is -2.18. The van der Waals surface area contributed by atoms with Crippen molar-refractivity contribution in [3.63, 3.8) is 0 Å². The molecule has 0 aliphatic rings. The lowest BCUT2D eigenvalue weighted by Crippen LogP contribution is -2.26. The van der Waals surface area contributed by atoms with E-state index >= 15 is 0 Å². The molecule has 0 saturated carbocycles. The number of hydrogen-bond acceptors (Lipinski definition) is 3. The van der Waals surface area contributed by atoms with Crippen molar-refractivity contribution in [2.45, 2.75) is 11.4 Å². The lowest BCUT2D eigenvalue weighted by molar-refractivity contribution is 0.1000. The summed E-state index contributed by atoms with van der Waals surface area (Å²) in [6, 6.07) is 10.5. The fourth-order valence-corrected chi connectivity index (χ4v) is 3.86. The van der Waals surface area contributed by atoms with Crippen LogP contribution in [0, 0.1) is 0 Å². The van der Waals surface area contributed by atoms with Crippen LogP contribution >= 0.6 is 23.2 Å². The summed E-state index contributed by atoms with van der Waals surface area (Å²) in [7, 11) is -2.29. The molecule has 2 rings (SSSR count). The number of sulfonamides is 1. The van der Waals surface area contributed by atoms with Gasteiger partial charge in [-0.25, -0.2) is 8.42 Å². The van der Waals surface area contributed by atoms with E-state index in [-0.39, 0.29) is 21.5 Å². The third kappa shape index (κ3) is 4.23. The first-order valence-corrected chi connectivity index (χ1v) is 8.71. The molecule has 0 spiro atoms. The van der Waals surface area contributed by atoms with Crippen LogP contribution in [0.3, 0.4) is 0 Å². The van der Waals surface area contributed by atoms with Crippen LogP contribution in [-0.4, -0.2) is 25.7 Å². The standard InChI is InChI=1S/C15H14Cl2N2O3S/c1-19(9-10-2-4-11(5-3-10)15(18)20)23(21,22)14-7-12(16)6-13(17)8-14/h2-8H,9H2,1H3,(H2,18,20). The number of rotatable bonds is 5. The first kappa shape index (κ1) is 17.7. The third-order valence-corrected chi connectivity index (χ3v) is 5.41. The predicted molar refractivity (Wildman–Crippen MR) is 90.1 cm³/mol. The van der Waals surface area contributed by atoms with Crippen molar-refractivity contribution in [1.82, 2.24) is 4.31 Å². The van der Waals surface area contributed by atoms with Gasteiger partial charge in [0.05, 0.1) is 4.90 Å². The van der Waals surface area contributed by atoms with Gasteiger partial charge < -0.3 is 5.73 Å². The molecule has 5 nitrogen and oxygen atoms in total. The molecule has 0 radical (unpaired) electrons. The Hall–Kier alpha value is -1.60. The highest BCUT2D eigenvalue weighted by Gasteiger charge is 2.22. The van der Waals surface area contributed by atoms with Crippen molar-refractivity contribution in [3.05, 3.63) is 63.6 Å². The van der Waals surface area contributed by atoms with E-state index in [1.54, 1.807) is 24.3 Å². The second kappa shape index (κ2) is 6.88. The van der Waals surface area contributed by atoms with Gasteiger partial charge in [0.25, 0.3) is 0 Å². The maximum absolute atomic E-state index is 12.6. The molecule has 0 fully saturated rings. The third-order valence-electron chi connectivity index (χ3n) is 3.19. The monoisotopic (exact) mass is 372 g/mol. The van der Waals surface area contributed by atoms with Gasteiger partial charge in [0.15, 0.2) is 0 Å². The minimum Gasteiger partial charge on any atom is -0.366 e.